The average Bonchev–Trinajstić information content (AvgIpc) is 2.30. The first-order valence-corrected chi connectivity index (χ1v) is 5.49. The van der Waals surface area contributed by atoms with E-state index in [9.17, 15) is 0 Å². The maximum absolute atomic E-state index is 6.11. The smallest absolute Gasteiger partial charge is 0.0499 e. The van der Waals surface area contributed by atoms with E-state index in [2.05, 4.69) is 5.92 Å². The number of terminal acetylenes is 1. The van der Waals surface area contributed by atoms with Crippen molar-refractivity contribution in [3.63, 3.8) is 0 Å². The van der Waals surface area contributed by atoms with Crippen molar-refractivity contribution in [3.8, 4) is 23.5 Å². The molecule has 16 heavy (non-hydrogen) atoms. The minimum Gasteiger partial charge on any atom is -0.115 e. The fourth-order valence-electron chi connectivity index (χ4n) is 1.51. The predicted octanol–water partition coefficient (Wildman–Crippen LogP) is 4.64. The van der Waals surface area contributed by atoms with E-state index < -0.39 is 0 Å². The van der Waals surface area contributed by atoms with Gasteiger partial charge >= 0.3 is 0 Å². The van der Waals surface area contributed by atoms with E-state index in [4.69, 9.17) is 29.6 Å². The van der Waals surface area contributed by atoms with Gasteiger partial charge in [0, 0.05) is 21.2 Å². The quantitative estimate of drug-likeness (QED) is 0.644. The third kappa shape index (κ3) is 2.07. The summed E-state index contributed by atoms with van der Waals surface area (Å²) in [6.07, 6.45) is 5.30. The average molecular weight is 247 g/mol. The Balaban J connectivity index is 2.55. The molecule has 0 saturated heterocycles. The molecule has 0 fully saturated rings. The molecule has 0 N–H and O–H groups in total. The summed E-state index contributed by atoms with van der Waals surface area (Å²) in [6.45, 7) is 0. The largest absolute Gasteiger partial charge is 0.115 e. The molecule has 2 aromatic carbocycles. The van der Waals surface area contributed by atoms with E-state index >= 15 is 0 Å². The van der Waals surface area contributed by atoms with E-state index in [0.29, 0.717) is 10.0 Å². The Bertz CT molecular complexity index is 528. The maximum atomic E-state index is 6.11. The monoisotopic (exact) mass is 246 g/mol. The van der Waals surface area contributed by atoms with Crippen LogP contribution in [-0.4, -0.2) is 0 Å². The molecule has 0 aliphatic carbocycles. The number of hydrogen-bond acceptors (Lipinski definition) is 0. The highest BCUT2D eigenvalue weighted by molar-refractivity contribution is 6.39. The lowest BCUT2D eigenvalue weighted by Crippen LogP contribution is -1.82. The number of hydrogen-bond donors (Lipinski definition) is 0. The van der Waals surface area contributed by atoms with Gasteiger partial charge in [-0.15, -0.1) is 6.42 Å². The molecule has 0 unspecified atom stereocenters. The van der Waals surface area contributed by atoms with Gasteiger partial charge in [-0.05, 0) is 29.8 Å². The van der Waals surface area contributed by atoms with Crippen molar-refractivity contribution in [2.24, 2.45) is 0 Å². The number of rotatable bonds is 1. The molecule has 0 spiro atoms. The predicted molar refractivity (Wildman–Crippen MR) is 69.8 cm³/mol. The molecule has 0 saturated carbocycles. The second-order valence-electron chi connectivity index (χ2n) is 3.32. The standard InChI is InChI=1S/C14H8Cl2/c1-2-10-6-8-11(9-7-10)14-12(15)4-3-5-13(14)16/h1,3-9H. The second-order valence-corrected chi connectivity index (χ2v) is 4.13. The molecule has 0 nitrogen and oxygen atoms in total. The van der Waals surface area contributed by atoms with Crippen LogP contribution in [0.4, 0.5) is 0 Å². The molecule has 0 radical (unpaired) electrons. The van der Waals surface area contributed by atoms with E-state index in [0.717, 1.165) is 16.7 Å². The molecule has 2 heteroatoms. The summed E-state index contributed by atoms with van der Waals surface area (Å²) in [7, 11) is 0. The number of benzene rings is 2. The number of halogens is 2. The molecular weight excluding hydrogens is 239 g/mol. The van der Waals surface area contributed by atoms with Crippen molar-refractivity contribution in [2.45, 2.75) is 0 Å². The lowest BCUT2D eigenvalue weighted by molar-refractivity contribution is 1.59. The van der Waals surface area contributed by atoms with Crippen molar-refractivity contribution in [3.05, 3.63) is 58.1 Å². The molecule has 2 aromatic rings. The topological polar surface area (TPSA) is 0 Å². The summed E-state index contributed by atoms with van der Waals surface area (Å²) < 4.78 is 0. The van der Waals surface area contributed by atoms with Crippen LogP contribution in [0.15, 0.2) is 42.5 Å². The minimum absolute atomic E-state index is 0.640. The van der Waals surface area contributed by atoms with Crippen molar-refractivity contribution < 1.29 is 0 Å². The van der Waals surface area contributed by atoms with Crippen LogP contribution in [0.25, 0.3) is 11.1 Å². The summed E-state index contributed by atoms with van der Waals surface area (Å²) in [5.74, 6) is 2.57. The molecule has 0 amide bonds. The highest BCUT2D eigenvalue weighted by atomic mass is 35.5. The van der Waals surface area contributed by atoms with Crippen molar-refractivity contribution in [1.29, 1.82) is 0 Å². The first-order valence-electron chi connectivity index (χ1n) is 4.73. The van der Waals surface area contributed by atoms with Gasteiger partial charge in [-0.1, -0.05) is 47.3 Å². The van der Waals surface area contributed by atoms with Gasteiger partial charge in [0.15, 0.2) is 0 Å². The molecule has 0 heterocycles. The third-order valence-corrected chi connectivity index (χ3v) is 2.93. The van der Waals surface area contributed by atoms with Gasteiger partial charge in [-0.3, -0.25) is 0 Å². The SMILES string of the molecule is C#Cc1ccc(-c2c(Cl)cccc2Cl)cc1. The molecule has 0 atom stereocenters. The van der Waals surface area contributed by atoms with E-state index in [1.165, 1.54) is 0 Å². The van der Waals surface area contributed by atoms with Gasteiger partial charge in [-0.2, -0.15) is 0 Å². The van der Waals surface area contributed by atoms with Crippen LogP contribution in [0.3, 0.4) is 0 Å². The van der Waals surface area contributed by atoms with E-state index in [1.54, 1.807) is 0 Å². The van der Waals surface area contributed by atoms with E-state index in [-0.39, 0.29) is 0 Å². The first-order chi connectivity index (χ1) is 7.72. The molecule has 0 aliphatic rings. The van der Waals surface area contributed by atoms with Gasteiger partial charge in [-0.25, -0.2) is 0 Å². The van der Waals surface area contributed by atoms with Gasteiger partial charge in [0.25, 0.3) is 0 Å². The van der Waals surface area contributed by atoms with Crippen LogP contribution in [0, 0.1) is 12.3 Å². The lowest BCUT2D eigenvalue weighted by atomic mass is 10.0. The zero-order valence-electron chi connectivity index (χ0n) is 8.37. The summed E-state index contributed by atoms with van der Waals surface area (Å²) in [4.78, 5) is 0. The van der Waals surface area contributed by atoms with Crippen LogP contribution in [0.2, 0.25) is 10.0 Å². The van der Waals surface area contributed by atoms with Crippen LogP contribution < -0.4 is 0 Å². The van der Waals surface area contributed by atoms with Crippen LogP contribution >= 0.6 is 23.2 Å². The normalized spacial score (nSPS) is 9.81. The summed E-state index contributed by atoms with van der Waals surface area (Å²) in [5, 5.41) is 1.28. The Hall–Kier alpha value is -1.42. The fourth-order valence-corrected chi connectivity index (χ4v) is 2.12. The van der Waals surface area contributed by atoms with Crippen LogP contribution in [-0.2, 0) is 0 Å². The molecule has 0 aromatic heterocycles. The Morgan fingerprint density at radius 3 is 1.94 bits per heavy atom. The molecule has 2 rings (SSSR count). The highest BCUT2D eigenvalue weighted by Gasteiger charge is 2.07. The first kappa shape index (κ1) is 11.1. The van der Waals surface area contributed by atoms with Crippen molar-refractivity contribution in [1.82, 2.24) is 0 Å². The van der Waals surface area contributed by atoms with Gasteiger partial charge in [0.1, 0.15) is 0 Å². The lowest BCUT2D eigenvalue weighted by Gasteiger charge is -2.06. The van der Waals surface area contributed by atoms with Crippen molar-refractivity contribution in [2.75, 3.05) is 0 Å². The van der Waals surface area contributed by atoms with Gasteiger partial charge < -0.3 is 0 Å². The van der Waals surface area contributed by atoms with Crippen molar-refractivity contribution >= 4 is 23.2 Å². The second kappa shape index (κ2) is 4.61. The summed E-state index contributed by atoms with van der Waals surface area (Å²) in [6, 6.07) is 13.0. The van der Waals surface area contributed by atoms with E-state index in [1.807, 2.05) is 42.5 Å². The fraction of sp³-hybridized carbons (Fsp3) is 0. The highest BCUT2D eigenvalue weighted by Crippen LogP contribution is 2.34. The Kier molecular flexibility index (Phi) is 3.19. The molecule has 78 valence electrons. The summed E-state index contributed by atoms with van der Waals surface area (Å²) in [5.41, 5.74) is 2.65. The minimum atomic E-state index is 0.640. The Morgan fingerprint density at radius 2 is 1.44 bits per heavy atom. The maximum Gasteiger partial charge on any atom is 0.0499 e. The van der Waals surface area contributed by atoms with Gasteiger partial charge in [0.2, 0.25) is 0 Å². The molecule has 0 aliphatic heterocycles. The van der Waals surface area contributed by atoms with Crippen LogP contribution in [0.5, 0.6) is 0 Å². The Morgan fingerprint density at radius 1 is 0.875 bits per heavy atom. The molecular formula is C14H8Cl2. The zero-order chi connectivity index (χ0) is 11.5. The Labute approximate surface area is 105 Å². The van der Waals surface area contributed by atoms with Gasteiger partial charge in [0.05, 0.1) is 0 Å². The zero-order valence-corrected chi connectivity index (χ0v) is 9.89. The third-order valence-electron chi connectivity index (χ3n) is 2.30. The van der Waals surface area contributed by atoms with Crippen LogP contribution in [0.1, 0.15) is 5.56 Å². The molecule has 0 bridgehead atoms. The summed E-state index contributed by atoms with van der Waals surface area (Å²) >= 11 is 12.2.